The zero-order valence-electron chi connectivity index (χ0n) is 9.60. The van der Waals surface area contributed by atoms with E-state index < -0.39 is 0 Å². The molecule has 3 rings (SSSR count). The summed E-state index contributed by atoms with van der Waals surface area (Å²) in [6.45, 7) is 0.0925. The van der Waals surface area contributed by atoms with E-state index in [1.54, 1.807) is 0 Å². The van der Waals surface area contributed by atoms with E-state index in [2.05, 4.69) is 29.4 Å². The van der Waals surface area contributed by atoms with Gasteiger partial charge in [-0.25, -0.2) is 0 Å². The zero-order valence-corrected chi connectivity index (χ0v) is 9.60. The SMILES string of the molecule is OCCc1cc(-c2ccc(C3CC3)cc2)no1. The van der Waals surface area contributed by atoms with E-state index in [0.717, 1.165) is 22.9 Å². The first-order valence-corrected chi connectivity index (χ1v) is 6.03. The van der Waals surface area contributed by atoms with Gasteiger partial charge in [0.15, 0.2) is 0 Å². The quantitative estimate of drug-likeness (QED) is 0.876. The molecule has 1 fully saturated rings. The summed E-state index contributed by atoms with van der Waals surface area (Å²) in [6.07, 6.45) is 3.17. The van der Waals surface area contributed by atoms with E-state index >= 15 is 0 Å². The van der Waals surface area contributed by atoms with Gasteiger partial charge in [-0.05, 0) is 24.3 Å². The van der Waals surface area contributed by atoms with Crippen LogP contribution in [0.4, 0.5) is 0 Å². The molecule has 0 radical (unpaired) electrons. The number of nitrogens with zero attached hydrogens (tertiary/aromatic N) is 1. The first kappa shape index (κ1) is 10.5. The molecular formula is C14H15NO2. The number of benzene rings is 1. The molecule has 3 heteroatoms. The van der Waals surface area contributed by atoms with Crippen molar-refractivity contribution in [3.8, 4) is 11.3 Å². The lowest BCUT2D eigenvalue weighted by Crippen LogP contribution is -1.86. The Morgan fingerprint density at radius 3 is 2.65 bits per heavy atom. The molecule has 1 N–H and O–H groups in total. The van der Waals surface area contributed by atoms with Gasteiger partial charge in [0.25, 0.3) is 0 Å². The van der Waals surface area contributed by atoms with Crippen LogP contribution in [-0.4, -0.2) is 16.9 Å². The van der Waals surface area contributed by atoms with Crippen LogP contribution >= 0.6 is 0 Å². The average Bonchev–Trinajstić information content (AvgIpc) is 3.11. The van der Waals surface area contributed by atoms with Crippen LogP contribution in [0.1, 0.15) is 30.1 Å². The minimum absolute atomic E-state index is 0.0925. The molecule has 1 aliphatic carbocycles. The predicted molar refractivity (Wildman–Crippen MR) is 64.7 cm³/mol. The van der Waals surface area contributed by atoms with Gasteiger partial charge in [-0.3, -0.25) is 0 Å². The molecule has 0 saturated heterocycles. The van der Waals surface area contributed by atoms with Crippen molar-refractivity contribution in [1.29, 1.82) is 0 Å². The molecule has 3 nitrogen and oxygen atoms in total. The van der Waals surface area contributed by atoms with Gasteiger partial charge in [-0.2, -0.15) is 0 Å². The standard InChI is InChI=1S/C14H15NO2/c16-8-7-13-9-14(15-17-13)12-5-3-11(4-6-12)10-1-2-10/h3-6,9-10,16H,1-2,7-8H2. The molecule has 88 valence electrons. The van der Waals surface area contributed by atoms with E-state index in [1.165, 1.54) is 18.4 Å². The molecule has 1 aromatic carbocycles. The van der Waals surface area contributed by atoms with E-state index in [-0.39, 0.29) is 6.61 Å². The average molecular weight is 229 g/mol. The number of aliphatic hydroxyl groups is 1. The molecule has 1 saturated carbocycles. The summed E-state index contributed by atoms with van der Waals surface area (Å²) in [6, 6.07) is 10.4. The van der Waals surface area contributed by atoms with Gasteiger partial charge in [-0.1, -0.05) is 29.4 Å². The molecule has 0 bridgehead atoms. The number of hydrogen-bond acceptors (Lipinski definition) is 3. The van der Waals surface area contributed by atoms with Crippen LogP contribution in [0.25, 0.3) is 11.3 Å². The van der Waals surface area contributed by atoms with E-state index in [1.807, 2.05) is 6.07 Å². The molecular weight excluding hydrogens is 214 g/mol. The van der Waals surface area contributed by atoms with Crippen LogP contribution in [0.5, 0.6) is 0 Å². The first-order chi connectivity index (χ1) is 8.36. The molecule has 1 aromatic heterocycles. The van der Waals surface area contributed by atoms with Crippen molar-refractivity contribution >= 4 is 0 Å². The second-order valence-electron chi connectivity index (χ2n) is 4.55. The molecule has 1 heterocycles. The number of aromatic nitrogens is 1. The summed E-state index contributed by atoms with van der Waals surface area (Å²) in [7, 11) is 0. The Morgan fingerprint density at radius 2 is 2.00 bits per heavy atom. The smallest absolute Gasteiger partial charge is 0.139 e. The number of rotatable bonds is 4. The topological polar surface area (TPSA) is 46.3 Å². The Morgan fingerprint density at radius 1 is 1.24 bits per heavy atom. The molecule has 17 heavy (non-hydrogen) atoms. The van der Waals surface area contributed by atoms with Gasteiger partial charge >= 0.3 is 0 Å². The molecule has 0 unspecified atom stereocenters. The Kier molecular flexibility index (Phi) is 2.69. The third-order valence-corrected chi connectivity index (χ3v) is 3.17. The Labute approximate surface area is 100 Å². The molecule has 1 aliphatic rings. The summed E-state index contributed by atoms with van der Waals surface area (Å²) in [5.74, 6) is 1.51. The second-order valence-corrected chi connectivity index (χ2v) is 4.55. The predicted octanol–water partition coefficient (Wildman–Crippen LogP) is 2.75. The van der Waals surface area contributed by atoms with Gasteiger partial charge in [0, 0.05) is 18.1 Å². The number of aliphatic hydroxyl groups excluding tert-OH is 1. The van der Waals surface area contributed by atoms with E-state index in [9.17, 15) is 0 Å². The fourth-order valence-corrected chi connectivity index (χ4v) is 2.02. The summed E-state index contributed by atoms with van der Waals surface area (Å²) in [5, 5.41) is 12.8. The molecule has 0 spiro atoms. The van der Waals surface area contributed by atoms with Gasteiger partial charge in [0.1, 0.15) is 11.5 Å². The summed E-state index contributed by atoms with van der Waals surface area (Å²) in [5.41, 5.74) is 3.34. The summed E-state index contributed by atoms with van der Waals surface area (Å²) in [4.78, 5) is 0. The highest BCUT2D eigenvalue weighted by molar-refractivity contribution is 5.59. The largest absolute Gasteiger partial charge is 0.396 e. The zero-order chi connectivity index (χ0) is 11.7. The van der Waals surface area contributed by atoms with Crippen LogP contribution < -0.4 is 0 Å². The van der Waals surface area contributed by atoms with Crippen molar-refractivity contribution in [2.24, 2.45) is 0 Å². The Hall–Kier alpha value is -1.61. The van der Waals surface area contributed by atoms with Crippen molar-refractivity contribution < 1.29 is 9.63 Å². The van der Waals surface area contributed by atoms with Gasteiger partial charge in [0.05, 0.1) is 6.61 Å². The van der Waals surface area contributed by atoms with Crippen LogP contribution in [-0.2, 0) is 6.42 Å². The molecule has 0 amide bonds. The Balaban J connectivity index is 1.81. The fourth-order valence-electron chi connectivity index (χ4n) is 2.02. The summed E-state index contributed by atoms with van der Waals surface area (Å²) >= 11 is 0. The van der Waals surface area contributed by atoms with Crippen LogP contribution in [0.3, 0.4) is 0 Å². The lowest BCUT2D eigenvalue weighted by Gasteiger charge is -1.99. The van der Waals surface area contributed by atoms with Gasteiger partial charge in [-0.15, -0.1) is 0 Å². The van der Waals surface area contributed by atoms with E-state index in [4.69, 9.17) is 9.63 Å². The van der Waals surface area contributed by atoms with Crippen molar-refractivity contribution in [2.75, 3.05) is 6.61 Å². The first-order valence-electron chi connectivity index (χ1n) is 6.03. The van der Waals surface area contributed by atoms with Crippen LogP contribution in [0.2, 0.25) is 0 Å². The van der Waals surface area contributed by atoms with E-state index in [0.29, 0.717) is 6.42 Å². The molecule has 0 aliphatic heterocycles. The van der Waals surface area contributed by atoms with Crippen molar-refractivity contribution in [3.63, 3.8) is 0 Å². The van der Waals surface area contributed by atoms with Gasteiger partial charge in [0.2, 0.25) is 0 Å². The lowest BCUT2D eigenvalue weighted by atomic mass is 10.1. The third kappa shape index (κ3) is 2.24. The van der Waals surface area contributed by atoms with Crippen molar-refractivity contribution in [2.45, 2.75) is 25.2 Å². The maximum absolute atomic E-state index is 8.82. The second kappa shape index (κ2) is 4.34. The highest BCUT2D eigenvalue weighted by Gasteiger charge is 2.23. The maximum atomic E-state index is 8.82. The highest BCUT2D eigenvalue weighted by Crippen LogP contribution is 2.40. The maximum Gasteiger partial charge on any atom is 0.139 e. The van der Waals surface area contributed by atoms with Crippen LogP contribution in [0, 0.1) is 0 Å². The third-order valence-electron chi connectivity index (χ3n) is 3.17. The minimum Gasteiger partial charge on any atom is -0.396 e. The molecule has 2 aromatic rings. The fraction of sp³-hybridized carbons (Fsp3) is 0.357. The van der Waals surface area contributed by atoms with Crippen molar-refractivity contribution in [1.82, 2.24) is 5.16 Å². The molecule has 0 atom stereocenters. The lowest BCUT2D eigenvalue weighted by molar-refractivity contribution is 0.277. The highest BCUT2D eigenvalue weighted by atomic mass is 16.5. The normalized spacial score (nSPS) is 15.1. The summed E-state index contributed by atoms with van der Waals surface area (Å²) < 4.78 is 5.14. The van der Waals surface area contributed by atoms with Crippen LogP contribution in [0.15, 0.2) is 34.9 Å². The van der Waals surface area contributed by atoms with Crippen molar-refractivity contribution in [3.05, 3.63) is 41.7 Å². The monoisotopic (exact) mass is 229 g/mol. The number of hydrogen-bond donors (Lipinski definition) is 1. The van der Waals surface area contributed by atoms with Gasteiger partial charge < -0.3 is 9.63 Å². The minimum atomic E-state index is 0.0925. The Bertz CT molecular complexity index is 497.